The maximum atomic E-state index is 11.5. The van der Waals surface area contributed by atoms with E-state index in [1.165, 1.54) is 10.6 Å². The van der Waals surface area contributed by atoms with Gasteiger partial charge in [0.05, 0.1) is 17.6 Å². The number of rotatable bonds is 1. The molecule has 1 heterocycles. The van der Waals surface area contributed by atoms with Crippen molar-refractivity contribution < 1.29 is 8.42 Å². The molecule has 1 aromatic carbocycles. The van der Waals surface area contributed by atoms with E-state index in [4.69, 9.17) is 17.3 Å². The Kier molecular flexibility index (Phi) is 2.31. The fourth-order valence-electron chi connectivity index (χ4n) is 1.84. The molecular formula is C9H11ClN2O2S. The van der Waals surface area contributed by atoms with Gasteiger partial charge in [0, 0.05) is 11.6 Å². The van der Waals surface area contributed by atoms with Crippen LogP contribution in [0.1, 0.15) is 5.56 Å². The average molecular weight is 247 g/mol. The summed E-state index contributed by atoms with van der Waals surface area (Å²) in [6.45, 7) is 0.443. The maximum Gasteiger partial charge on any atom is 0.232 e. The Balaban J connectivity index is 2.61. The van der Waals surface area contributed by atoms with Gasteiger partial charge in [0.15, 0.2) is 0 Å². The van der Waals surface area contributed by atoms with Crippen LogP contribution in [0.3, 0.4) is 0 Å². The first-order valence-electron chi connectivity index (χ1n) is 4.45. The molecule has 1 aromatic rings. The number of nitrogens with zero attached hydrogens (tertiary/aromatic N) is 1. The fourth-order valence-corrected chi connectivity index (χ4v) is 3.07. The van der Waals surface area contributed by atoms with E-state index in [1.807, 2.05) is 0 Å². The van der Waals surface area contributed by atoms with Gasteiger partial charge in [-0.3, -0.25) is 4.31 Å². The Bertz CT molecular complexity index is 513. The van der Waals surface area contributed by atoms with Crippen LogP contribution >= 0.6 is 11.6 Å². The molecule has 0 saturated heterocycles. The number of benzene rings is 1. The molecule has 6 heteroatoms. The second-order valence-electron chi connectivity index (χ2n) is 3.59. The van der Waals surface area contributed by atoms with E-state index in [1.54, 1.807) is 12.1 Å². The van der Waals surface area contributed by atoms with E-state index < -0.39 is 10.0 Å². The van der Waals surface area contributed by atoms with Gasteiger partial charge in [-0.1, -0.05) is 11.6 Å². The van der Waals surface area contributed by atoms with Crippen molar-refractivity contribution in [1.82, 2.24) is 0 Å². The number of hydrogen-bond acceptors (Lipinski definition) is 3. The molecule has 4 nitrogen and oxygen atoms in total. The highest BCUT2D eigenvalue weighted by Gasteiger charge is 2.28. The van der Waals surface area contributed by atoms with Gasteiger partial charge in [-0.25, -0.2) is 8.42 Å². The molecule has 82 valence electrons. The molecule has 2 N–H and O–H groups in total. The maximum absolute atomic E-state index is 11.5. The summed E-state index contributed by atoms with van der Waals surface area (Å²) in [7, 11) is -3.24. The lowest BCUT2D eigenvalue weighted by molar-refractivity contribution is 0.598. The highest BCUT2D eigenvalue weighted by molar-refractivity contribution is 7.92. The first-order valence-corrected chi connectivity index (χ1v) is 6.68. The van der Waals surface area contributed by atoms with Crippen LogP contribution in [-0.4, -0.2) is 21.2 Å². The van der Waals surface area contributed by atoms with Crippen molar-refractivity contribution in [2.45, 2.75) is 6.42 Å². The van der Waals surface area contributed by atoms with Crippen molar-refractivity contribution in [3.05, 3.63) is 22.7 Å². The largest absolute Gasteiger partial charge is 0.397 e. The fraction of sp³-hybridized carbons (Fsp3) is 0.333. The van der Waals surface area contributed by atoms with Gasteiger partial charge in [0.1, 0.15) is 0 Å². The number of hydrogen-bond donors (Lipinski definition) is 1. The second kappa shape index (κ2) is 3.28. The van der Waals surface area contributed by atoms with E-state index in [0.29, 0.717) is 29.4 Å². The van der Waals surface area contributed by atoms with Crippen LogP contribution in [-0.2, 0) is 16.4 Å². The zero-order valence-corrected chi connectivity index (χ0v) is 9.77. The molecule has 15 heavy (non-hydrogen) atoms. The van der Waals surface area contributed by atoms with Crippen LogP contribution in [0.4, 0.5) is 11.4 Å². The molecule has 0 radical (unpaired) electrons. The van der Waals surface area contributed by atoms with E-state index in [2.05, 4.69) is 0 Å². The molecule has 1 aliphatic heterocycles. The van der Waals surface area contributed by atoms with Gasteiger partial charge in [0.2, 0.25) is 10.0 Å². The number of halogens is 1. The van der Waals surface area contributed by atoms with Crippen molar-refractivity contribution in [3.63, 3.8) is 0 Å². The second-order valence-corrected chi connectivity index (χ2v) is 5.93. The molecule has 1 aliphatic rings. The Labute approximate surface area is 93.7 Å². The van der Waals surface area contributed by atoms with E-state index in [-0.39, 0.29) is 0 Å². The molecule has 0 aromatic heterocycles. The zero-order valence-electron chi connectivity index (χ0n) is 8.20. The van der Waals surface area contributed by atoms with E-state index >= 15 is 0 Å². The van der Waals surface area contributed by atoms with Crippen LogP contribution in [0, 0.1) is 0 Å². The number of nitrogens with two attached hydrogens (primary N) is 1. The van der Waals surface area contributed by atoms with Crippen molar-refractivity contribution in [1.29, 1.82) is 0 Å². The lowest BCUT2D eigenvalue weighted by Crippen LogP contribution is -2.28. The first-order chi connectivity index (χ1) is 6.89. The summed E-state index contributed by atoms with van der Waals surface area (Å²) < 4.78 is 24.3. The van der Waals surface area contributed by atoms with Gasteiger partial charge < -0.3 is 5.73 Å². The van der Waals surface area contributed by atoms with Crippen molar-refractivity contribution in [3.8, 4) is 0 Å². The Morgan fingerprint density at radius 2 is 2.13 bits per heavy atom. The van der Waals surface area contributed by atoms with Crippen LogP contribution in [0.5, 0.6) is 0 Å². The summed E-state index contributed by atoms with van der Waals surface area (Å²) in [4.78, 5) is 0. The lowest BCUT2D eigenvalue weighted by Gasteiger charge is -2.18. The summed E-state index contributed by atoms with van der Waals surface area (Å²) in [6, 6.07) is 3.34. The number of fused-ring (bicyclic) bond motifs is 1. The Morgan fingerprint density at radius 1 is 1.47 bits per heavy atom. The summed E-state index contributed by atoms with van der Waals surface area (Å²) >= 11 is 5.84. The third-order valence-corrected chi connectivity index (χ3v) is 3.80. The molecule has 2 rings (SSSR count). The van der Waals surface area contributed by atoms with Gasteiger partial charge in [0.25, 0.3) is 0 Å². The third-order valence-electron chi connectivity index (χ3n) is 2.42. The molecular weight excluding hydrogens is 236 g/mol. The summed E-state index contributed by atoms with van der Waals surface area (Å²) in [6.07, 6.45) is 1.84. The minimum Gasteiger partial charge on any atom is -0.397 e. The quantitative estimate of drug-likeness (QED) is 0.759. The molecule has 0 spiro atoms. The monoisotopic (exact) mass is 246 g/mol. The predicted molar refractivity (Wildman–Crippen MR) is 61.8 cm³/mol. The Hall–Kier alpha value is -0.940. The SMILES string of the molecule is CS(=O)(=O)N1CCc2cc(Cl)cc(N)c21. The highest BCUT2D eigenvalue weighted by atomic mass is 35.5. The molecule has 0 fully saturated rings. The van der Waals surface area contributed by atoms with Gasteiger partial charge in [-0.2, -0.15) is 0 Å². The van der Waals surface area contributed by atoms with Crippen molar-refractivity contribution in [2.75, 3.05) is 22.8 Å². The van der Waals surface area contributed by atoms with Gasteiger partial charge in [-0.05, 0) is 24.1 Å². The molecule has 0 aliphatic carbocycles. The molecule has 0 atom stereocenters. The topological polar surface area (TPSA) is 63.4 Å². The van der Waals surface area contributed by atoms with Crippen molar-refractivity contribution in [2.24, 2.45) is 0 Å². The number of anilines is 2. The average Bonchev–Trinajstić information content (AvgIpc) is 2.45. The molecule has 0 unspecified atom stereocenters. The van der Waals surface area contributed by atoms with Gasteiger partial charge in [-0.15, -0.1) is 0 Å². The highest BCUT2D eigenvalue weighted by Crippen LogP contribution is 2.37. The first kappa shape index (κ1) is 10.6. The Morgan fingerprint density at radius 3 is 2.73 bits per heavy atom. The normalized spacial score (nSPS) is 15.5. The van der Waals surface area contributed by atoms with Crippen molar-refractivity contribution >= 4 is 33.0 Å². The van der Waals surface area contributed by atoms with Gasteiger partial charge >= 0.3 is 0 Å². The standard InChI is InChI=1S/C9H11ClN2O2S/c1-15(13,14)12-3-2-6-4-7(10)5-8(11)9(6)12/h4-5H,2-3,11H2,1H3. The van der Waals surface area contributed by atoms with E-state index in [0.717, 1.165) is 5.56 Å². The van der Waals surface area contributed by atoms with Crippen LogP contribution in [0.2, 0.25) is 5.02 Å². The third kappa shape index (κ3) is 1.77. The lowest BCUT2D eigenvalue weighted by atomic mass is 10.1. The number of sulfonamides is 1. The molecule has 0 bridgehead atoms. The predicted octanol–water partition coefficient (Wildman–Crippen LogP) is 1.24. The summed E-state index contributed by atoms with van der Waals surface area (Å²) in [5.41, 5.74) is 7.67. The zero-order chi connectivity index (χ0) is 11.2. The summed E-state index contributed by atoms with van der Waals surface area (Å²) in [5, 5.41) is 0.543. The molecule has 0 amide bonds. The minimum absolute atomic E-state index is 0.417. The smallest absolute Gasteiger partial charge is 0.232 e. The molecule has 0 saturated carbocycles. The number of nitrogen functional groups attached to an aromatic ring is 1. The van der Waals surface area contributed by atoms with E-state index in [9.17, 15) is 8.42 Å². The van der Waals surface area contributed by atoms with Crippen LogP contribution in [0.15, 0.2) is 12.1 Å². The van der Waals surface area contributed by atoms with Crippen LogP contribution < -0.4 is 10.0 Å². The van der Waals surface area contributed by atoms with Crippen LogP contribution in [0.25, 0.3) is 0 Å². The summed E-state index contributed by atoms with van der Waals surface area (Å²) in [5.74, 6) is 0. The minimum atomic E-state index is -3.24.